The third-order valence-corrected chi connectivity index (χ3v) is 6.86. The van der Waals surface area contributed by atoms with Crippen molar-refractivity contribution in [2.24, 2.45) is 11.8 Å². The molecule has 10 heteroatoms. The van der Waals surface area contributed by atoms with Crippen molar-refractivity contribution in [1.29, 1.82) is 0 Å². The number of para-hydroxylation sites is 1. The maximum absolute atomic E-state index is 13.1. The zero-order valence-corrected chi connectivity index (χ0v) is 19.8. The van der Waals surface area contributed by atoms with Gasteiger partial charge in [0.2, 0.25) is 0 Å². The van der Waals surface area contributed by atoms with E-state index in [-0.39, 0.29) is 18.5 Å². The molecule has 1 aliphatic carbocycles. The molecule has 2 saturated heterocycles. The average molecular weight is 485 g/mol. The van der Waals surface area contributed by atoms with Crippen LogP contribution in [0.1, 0.15) is 29.0 Å². The minimum atomic E-state index is -0.560. The van der Waals surface area contributed by atoms with Gasteiger partial charge in [0.15, 0.2) is 0 Å². The molecule has 35 heavy (non-hydrogen) atoms. The van der Waals surface area contributed by atoms with Crippen LogP contribution in [0.25, 0.3) is 0 Å². The van der Waals surface area contributed by atoms with E-state index in [4.69, 9.17) is 19.4 Å². The number of aliphatic hydroxyl groups is 1. The highest BCUT2D eigenvalue weighted by molar-refractivity contribution is 5.97. The summed E-state index contributed by atoms with van der Waals surface area (Å²) in [7, 11) is 0. The fraction of sp³-hybridized carbons (Fsp3) is 0.520. The Hall–Kier alpha value is -3.24. The van der Waals surface area contributed by atoms with Crippen molar-refractivity contribution >= 4 is 18.2 Å². The van der Waals surface area contributed by atoms with Gasteiger partial charge in [0, 0.05) is 32.4 Å². The maximum Gasteiger partial charge on any atom is 0.290 e. The lowest BCUT2D eigenvalue weighted by atomic mass is 9.78. The van der Waals surface area contributed by atoms with Gasteiger partial charge < -0.3 is 29.5 Å². The number of anilines is 1. The van der Waals surface area contributed by atoms with Crippen molar-refractivity contribution < 1.29 is 29.3 Å². The van der Waals surface area contributed by atoms with E-state index in [0.717, 1.165) is 31.2 Å². The number of rotatable bonds is 4. The van der Waals surface area contributed by atoms with Gasteiger partial charge in [-0.2, -0.15) is 0 Å². The molecule has 1 saturated carbocycles. The Kier molecular flexibility index (Phi) is 8.14. The molecule has 5 rings (SSSR count). The predicted octanol–water partition coefficient (Wildman–Crippen LogP) is 1.61. The van der Waals surface area contributed by atoms with E-state index >= 15 is 0 Å². The van der Waals surface area contributed by atoms with E-state index in [1.165, 1.54) is 0 Å². The molecule has 0 unspecified atom stereocenters. The molecule has 2 aliphatic heterocycles. The van der Waals surface area contributed by atoms with Crippen LogP contribution in [0.3, 0.4) is 0 Å². The van der Waals surface area contributed by atoms with Crippen LogP contribution < -0.4 is 9.64 Å². The summed E-state index contributed by atoms with van der Waals surface area (Å²) in [6.07, 6.45) is 2.35. The SMILES string of the molecule is Cc1nccc(N2C[C@H]3C[C@@H](Oc4ccccc4C(=O)N4CCOCC4)[C@H](O)C[C@H]3C2)n1.O=CO. The largest absolute Gasteiger partial charge is 0.487 e. The van der Waals surface area contributed by atoms with Crippen LogP contribution in [0.5, 0.6) is 5.75 Å². The monoisotopic (exact) mass is 484 g/mol. The topological polar surface area (TPSA) is 125 Å². The summed E-state index contributed by atoms with van der Waals surface area (Å²) >= 11 is 0. The lowest BCUT2D eigenvalue weighted by molar-refractivity contribution is -0.122. The molecule has 0 radical (unpaired) electrons. The third kappa shape index (κ3) is 5.88. The quantitative estimate of drug-likeness (QED) is 0.623. The van der Waals surface area contributed by atoms with Crippen molar-refractivity contribution in [3.63, 3.8) is 0 Å². The van der Waals surface area contributed by atoms with Gasteiger partial charge in [-0.1, -0.05) is 12.1 Å². The summed E-state index contributed by atoms with van der Waals surface area (Å²) in [6.45, 7) is 5.71. The number of aryl methyl sites for hydroxylation is 1. The number of carboxylic acid groups (broad SMARTS) is 1. The average Bonchev–Trinajstić information content (AvgIpc) is 3.28. The lowest BCUT2D eigenvalue weighted by Gasteiger charge is -2.35. The molecule has 0 bridgehead atoms. The number of aromatic nitrogens is 2. The van der Waals surface area contributed by atoms with Crippen LogP contribution in [0.4, 0.5) is 5.82 Å². The molecule has 188 valence electrons. The highest BCUT2D eigenvalue weighted by Crippen LogP contribution is 2.39. The second-order valence-electron chi connectivity index (χ2n) is 9.09. The highest BCUT2D eigenvalue weighted by atomic mass is 16.5. The zero-order chi connectivity index (χ0) is 24.8. The number of aliphatic hydroxyl groups excluding tert-OH is 1. The van der Waals surface area contributed by atoms with Crippen molar-refractivity contribution in [3.05, 3.63) is 47.9 Å². The molecular formula is C25H32N4O6. The van der Waals surface area contributed by atoms with Crippen LogP contribution in [0.15, 0.2) is 36.5 Å². The van der Waals surface area contributed by atoms with E-state index in [1.807, 2.05) is 31.2 Å². The Balaban J connectivity index is 0.000000917. The van der Waals surface area contributed by atoms with Crippen LogP contribution in [0, 0.1) is 18.8 Å². The Labute approximate surface area is 204 Å². The van der Waals surface area contributed by atoms with Gasteiger partial charge in [0.05, 0.1) is 24.9 Å². The van der Waals surface area contributed by atoms with E-state index in [1.54, 1.807) is 17.2 Å². The first-order chi connectivity index (χ1) is 17.0. The standard InChI is InChI=1S/C24H30N4O4.CH2O2/c1-16-25-7-6-23(26-16)28-14-17-12-20(29)22(13-18(17)15-28)32-21-5-3-2-4-19(21)24(30)27-8-10-31-11-9-27;2-1-3/h2-7,17-18,20,22,29H,8-15H2,1H3;1H,(H,2,3)/t17-,18+,20+,22+;/m0./s1. The summed E-state index contributed by atoms with van der Waals surface area (Å²) in [5.41, 5.74) is 0.549. The van der Waals surface area contributed by atoms with Gasteiger partial charge >= 0.3 is 0 Å². The van der Waals surface area contributed by atoms with E-state index in [2.05, 4.69) is 14.9 Å². The first-order valence-corrected chi connectivity index (χ1v) is 11.9. The number of amides is 1. The van der Waals surface area contributed by atoms with Crippen molar-refractivity contribution in [1.82, 2.24) is 14.9 Å². The summed E-state index contributed by atoms with van der Waals surface area (Å²) in [4.78, 5) is 34.3. The van der Waals surface area contributed by atoms with Crippen LogP contribution in [0.2, 0.25) is 0 Å². The molecule has 4 atom stereocenters. The van der Waals surface area contributed by atoms with Gasteiger partial charge in [-0.05, 0) is 49.8 Å². The van der Waals surface area contributed by atoms with Gasteiger partial charge in [0.1, 0.15) is 23.5 Å². The van der Waals surface area contributed by atoms with Crippen LogP contribution >= 0.6 is 0 Å². The van der Waals surface area contributed by atoms with E-state index in [9.17, 15) is 9.90 Å². The minimum Gasteiger partial charge on any atom is -0.487 e. The van der Waals surface area contributed by atoms with Gasteiger partial charge in [-0.25, -0.2) is 9.97 Å². The van der Waals surface area contributed by atoms with Crippen molar-refractivity contribution in [2.45, 2.75) is 32.0 Å². The minimum absolute atomic E-state index is 0.0433. The zero-order valence-electron chi connectivity index (χ0n) is 19.8. The number of benzene rings is 1. The van der Waals surface area contributed by atoms with E-state index in [0.29, 0.717) is 55.9 Å². The Morgan fingerprint density at radius 2 is 1.83 bits per heavy atom. The summed E-state index contributed by atoms with van der Waals surface area (Å²) in [6, 6.07) is 9.31. The molecule has 2 aromatic rings. The molecule has 1 aromatic heterocycles. The molecule has 2 N–H and O–H groups in total. The number of ether oxygens (including phenoxy) is 2. The number of hydrogen-bond acceptors (Lipinski definition) is 8. The fourth-order valence-electron chi connectivity index (χ4n) is 5.17. The second kappa shape index (κ2) is 11.5. The third-order valence-electron chi connectivity index (χ3n) is 6.86. The number of carbonyl (C=O) groups is 2. The Bertz CT molecular complexity index is 1010. The number of nitrogens with zero attached hydrogens (tertiary/aromatic N) is 4. The molecule has 3 heterocycles. The molecule has 1 amide bonds. The summed E-state index contributed by atoms with van der Waals surface area (Å²) in [5.74, 6) is 3.04. The lowest BCUT2D eigenvalue weighted by Crippen LogP contribution is -2.43. The van der Waals surface area contributed by atoms with E-state index < -0.39 is 6.10 Å². The first-order valence-electron chi connectivity index (χ1n) is 11.9. The van der Waals surface area contributed by atoms with Crippen LogP contribution in [-0.2, 0) is 9.53 Å². The normalized spacial score (nSPS) is 25.8. The number of hydrogen-bond donors (Lipinski definition) is 2. The maximum atomic E-state index is 13.1. The summed E-state index contributed by atoms with van der Waals surface area (Å²) < 4.78 is 11.7. The molecule has 1 aromatic carbocycles. The predicted molar refractivity (Wildman–Crippen MR) is 127 cm³/mol. The highest BCUT2D eigenvalue weighted by Gasteiger charge is 2.43. The van der Waals surface area contributed by atoms with Gasteiger partial charge in [-0.15, -0.1) is 0 Å². The summed E-state index contributed by atoms with van der Waals surface area (Å²) in [5, 5.41) is 17.8. The Morgan fingerprint density at radius 3 is 2.54 bits per heavy atom. The van der Waals surface area contributed by atoms with Gasteiger partial charge in [-0.3, -0.25) is 9.59 Å². The molecular weight excluding hydrogens is 452 g/mol. The number of fused-ring (bicyclic) bond motifs is 1. The molecule has 10 nitrogen and oxygen atoms in total. The second-order valence-corrected chi connectivity index (χ2v) is 9.09. The molecule has 3 aliphatic rings. The number of morpholine rings is 1. The van der Waals surface area contributed by atoms with Crippen molar-refractivity contribution in [3.8, 4) is 5.75 Å². The fourth-order valence-corrected chi connectivity index (χ4v) is 5.17. The van der Waals surface area contributed by atoms with Crippen LogP contribution in [-0.4, -0.2) is 89.1 Å². The Morgan fingerprint density at radius 1 is 1.14 bits per heavy atom. The first kappa shape index (κ1) is 24.9. The molecule has 0 spiro atoms. The molecule has 3 fully saturated rings. The smallest absolute Gasteiger partial charge is 0.290 e. The van der Waals surface area contributed by atoms with Gasteiger partial charge in [0.25, 0.3) is 12.4 Å². The van der Waals surface area contributed by atoms with Crippen molar-refractivity contribution in [2.75, 3.05) is 44.3 Å². The number of carbonyl (C=O) groups excluding carboxylic acids is 1.